The average molecular weight is 208 g/mol. The van der Waals surface area contributed by atoms with Crippen molar-refractivity contribution in [3.05, 3.63) is 12.2 Å². The first-order valence-corrected chi connectivity index (χ1v) is 5.18. The van der Waals surface area contributed by atoms with Crippen LogP contribution in [-0.4, -0.2) is 24.6 Å². The van der Waals surface area contributed by atoms with E-state index in [4.69, 9.17) is 9.47 Å². The predicted molar refractivity (Wildman–Crippen MR) is 49.7 cm³/mol. The molecule has 4 nitrogen and oxygen atoms in total. The molecule has 4 aliphatic rings. The van der Waals surface area contributed by atoms with E-state index in [0.717, 1.165) is 12.8 Å². The van der Waals surface area contributed by atoms with Crippen molar-refractivity contribution in [2.75, 3.05) is 7.11 Å². The van der Waals surface area contributed by atoms with Crippen LogP contribution in [0.25, 0.3) is 0 Å². The third kappa shape index (κ3) is 0.951. The third-order valence-electron chi connectivity index (χ3n) is 3.95. The van der Waals surface area contributed by atoms with Crippen LogP contribution >= 0.6 is 0 Å². The van der Waals surface area contributed by atoms with E-state index < -0.39 is 17.5 Å². The van der Waals surface area contributed by atoms with Crippen molar-refractivity contribution in [2.24, 2.45) is 17.8 Å². The smallest absolute Gasteiger partial charge is 0.320 e. The van der Waals surface area contributed by atoms with Gasteiger partial charge in [-0.25, -0.2) is 0 Å². The van der Waals surface area contributed by atoms with Crippen LogP contribution in [0, 0.1) is 17.8 Å². The van der Waals surface area contributed by atoms with Crippen LogP contribution in [0.5, 0.6) is 0 Å². The maximum atomic E-state index is 11.6. The summed E-state index contributed by atoms with van der Waals surface area (Å²) in [7, 11) is 1.59. The summed E-state index contributed by atoms with van der Waals surface area (Å²) in [5.41, 5.74) is -0.595. The van der Waals surface area contributed by atoms with Crippen LogP contribution in [-0.2, 0) is 19.1 Å². The summed E-state index contributed by atoms with van der Waals surface area (Å²) in [6.07, 6.45) is 5.62. The minimum absolute atomic E-state index is 0.158. The Hall–Kier alpha value is -1.16. The van der Waals surface area contributed by atoms with E-state index in [1.165, 1.54) is 0 Å². The van der Waals surface area contributed by atoms with E-state index >= 15 is 0 Å². The molecule has 1 saturated carbocycles. The fraction of sp³-hybridized carbons (Fsp3) is 0.636. The number of ether oxygens (including phenoxy) is 2. The van der Waals surface area contributed by atoms with Gasteiger partial charge in [0.2, 0.25) is 0 Å². The Balaban J connectivity index is 2.11. The lowest BCUT2D eigenvalue weighted by molar-refractivity contribution is -0.155. The van der Waals surface area contributed by atoms with Crippen LogP contribution in [0.3, 0.4) is 0 Å². The van der Waals surface area contributed by atoms with Gasteiger partial charge < -0.3 is 9.47 Å². The molecule has 0 aromatic rings. The molecule has 4 rings (SSSR count). The Labute approximate surface area is 87.2 Å². The molecule has 1 heterocycles. The molecule has 15 heavy (non-hydrogen) atoms. The highest BCUT2D eigenvalue weighted by Gasteiger charge is 2.62. The van der Waals surface area contributed by atoms with Gasteiger partial charge in [-0.2, -0.15) is 0 Å². The van der Waals surface area contributed by atoms with Crippen molar-refractivity contribution < 1.29 is 19.1 Å². The van der Waals surface area contributed by atoms with Crippen LogP contribution in [0.2, 0.25) is 0 Å². The third-order valence-corrected chi connectivity index (χ3v) is 3.95. The second kappa shape index (κ2) is 2.70. The van der Waals surface area contributed by atoms with E-state index in [9.17, 15) is 9.59 Å². The Morgan fingerprint density at radius 3 is 2.87 bits per heavy atom. The van der Waals surface area contributed by atoms with Crippen LogP contribution in [0.15, 0.2) is 12.2 Å². The number of rotatable bonds is 1. The Morgan fingerprint density at radius 1 is 1.47 bits per heavy atom. The number of fused-ring (bicyclic) bond motifs is 1. The Bertz CT molecular complexity index is 373. The zero-order valence-corrected chi connectivity index (χ0v) is 8.43. The summed E-state index contributed by atoms with van der Waals surface area (Å²) in [5.74, 6) is -1.36. The van der Waals surface area contributed by atoms with Gasteiger partial charge in [0, 0.05) is 7.11 Å². The lowest BCUT2D eigenvalue weighted by atomic mass is 9.60. The number of esters is 2. The monoisotopic (exact) mass is 208 g/mol. The van der Waals surface area contributed by atoms with Gasteiger partial charge in [0.25, 0.3) is 0 Å². The highest BCUT2D eigenvalue weighted by atomic mass is 16.6. The molecule has 1 saturated heterocycles. The molecule has 0 spiro atoms. The quantitative estimate of drug-likeness (QED) is 0.361. The number of hydrogen-bond donors (Lipinski definition) is 0. The molecule has 0 amide bonds. The Morgan fingerprint density at radius 2 is 2.27 bits per heavy atom. The molecule has 2 bridgehead atoms. The van der Waals surface area contributed by atoms with Gasteiger partial charge in [0.05, 0.1) is 5.92 Å². The zero-order chi connectivity index (χ0) is 10.6. The summed E-state index contributed by atoms with van der Waals surface area (Å²) < 4.78 is 10.2. The molecule has 0 aromatic heterocycles. The first-order chi connectivity index (χ1) is 7.18. The molecule has 1 aliphatic heterocycles. The predicted octanol–water partition coefficient (Wildman–Crippen LogP) is 0.667. The molecule has 4 heteroatoms. The van der Waals surface area contributed by atoms with Crippen molar-refractivity contribution in [3.8, 4) is 0 Å². The van der Waals surface area contributed by atoms with Gasteiger partial charge in [0.1, 0.15) is 11.5 Å². The van der Waals surface area contributed by atoms with Gasteiger partial charge in [0.15, 0.2) is 0 Å². The van der Waals surface area contributed by atoms with Gasteiger partial charge in [-0.05, 0) is 18.8 Å². The fourth-order valence-corrected chi connectivity index (χ4v) is 3.15. The van der Waals surface area contributed by atoms with Gasteiger partial charge >= 0.3 is 11.9 Å². The summed E-state index contributed by atoms with van der Waals surface area (Å²) in [6, 6.07) is 0. The molecule has 0 N–H and O–H groups in total. The Kier molecular flexibility index (Phi) is 1.63. The largest absolute Gasteiger partial charge is 0.393 e. The van der Waals surface area contributed by atoms with Crippen LogP contribution < -0.4 is 0 Å². The van der Waals surface area contributed by atoms with Crippen molar-refractivity contribution in [3.63, 3.8) is 0 Å². The maximum absolute atomic E-state index is 11.6. The molecular formula is C11H12O4. The summed E-state index contributed by atoms with van der Waals surface area (Å²) >= 11 is 0. The van der Waals surface area contributed by atoms with Gasteiger partial charge in [-0.1, -0.05) is 12.2 Å². The molecule has 4 atom stereocenters. The number of carbonyl (C=O) groups excluding carboxylic acids is 2. The number of carbonyl (C=O) groups is 2. The number of methoxy groups -OCH3 is 1. The molecule has 0 aromatic carbocycles. The summed E-state index contributed by atoms with van der Waals surface area (Å²) in [5, 5.41) is 0. The maximum Gasteiger partial charge on any atom is 0.320 e. The number of allylic oxidation sites excluding steroid dienone is 1. The first-order valence-electron chi connectivity index (χ1n) is 5.18. The summed E-state index contributed by atoms with van der Waals surface area (Å²) in [4.78, 5) is 23.2. The molecule has 4 unspecified atom stereocenters. The molecule has 80 valence electrons. The highest BCUT2D eigenvalue weighted by molar-refractivity contribution is 5.98. The lowest BCUT2D eigenvalue weighted by Gasteiger charge is -2.46. The molecular weight excluding hydrogens is 196 g/mol. The van der Waals surface area contributed by atoms with Crippen LogP contribution in [0.1, 0.15) is 12.8 Å². The van der Waals surface area contributed by atoms with E-state index in [-0.39, 0.29) is 17.8 Å². The van der Waals surface area contributed by atoms with Crippen molar-refractivity contribution in [1.29, 1.82) is 0 Å². The number of cyclic esters (lactones) is 2. The fourth-order valence-electron chi connectivity index (χ4n) is 3.15. The minimum atomic E-state index is -0.595. The second-order valence-electron chi connectivity index (χ2n) is 4.46. The van der Waals surface area contributed by atoms with E-state index in [2.05, 4.69) is 0 Å². The average Bonchev–Trinajstić information content (AvgIpc) is 2.59. The molecule has 0 radical (unpaired) electrons. The molecule has 3 aliphatic carbocycles. The normalized spacial score (nSPS) is 46.9. The zero-order valence-electron chi connectivity index (χ0n) is 8.43. The standard InChI is InChI=1S/C11H12O4/c1-14-11-4-2-6(3-5-11)7-8(11)10(13)15-9(7)12/h2,4,6-8H,3,5H2,1H3. The topological polar surface area (TPSA) is 52.6 Å². The van der Waals surface area contributed by atoms with Crippen molar-refractivity contribution in [2.45, 2.75) is 18.4 Å². The van der Waals surface area contributed by atoms with Gasteiger partial charge in [-0.15, -0.1) is 0 Å². The molecule has 2 fully saturated rings. The van der Waals surface area contributed by atoms with Gasteiger partial charge in [-0.3, -0.25) is 9.59 Å². The first kappa shape index (κ1) is 9.09. The van der Waals surface area contributed by atoms with Crippen molar-refractivity contribution >= 4 is 11.9 Å². The number of hydrogen-bond acceptors (Lipinski definition) is 4. The summed E-state index contributed by atoms with van der Waals surface area (Å²) in [6.45, 7) is 0. The van der Waals surface area contributed by atoms with Crippen molar-refractivity contribution in [1.82, 2.24) is 0 Å². The minimum Gasteiger partial charge on any atom is -0.393 e. The SMILES string of the molecule is COC12C=CC(CC1)C1C(=O)OC(=O)C12. The highest BCUT2D eigenvalue weighted by Crippen LogP contribution is 2.52. The van der Waals surface area contributed by atoms with E-state index in [1.54, 1.807) is 7.11 Å². The van der Waals surface area contributed by atoms with E-state index in [0.29, 0.717) is 0 Å². The van der Waals surface area contributed by atoms with E-state index in [1.807, 2.05) is 12.2 Å². The van der Waals surface area contributed by atoms with Crippen LogP contribution in [0.4, 0.5) is 0 Å². The lowest BCUT2D eigenvalue weighted by Crippen LogP contribution is -2.52. The second-order valence-corrected chi connectivity index (χ2v) is 4.46.